The Morgan fingerprint density at radius 1 is 1.80 bits per heavy atom. The fourth-order valence-electron chi connectivity index (χ4n) is 1.09. The molecule has 0 saturated carbocycles. The van der Waals surface area contributed by atoms with Gasteiger partial charge in [0.05, 0.1) is 5.92 Å². The summed E-state index contributed by atoms with van der Waals surface area (Å²) in [5.41, 5.74) is 0. The molecular weight excluding hydrogens is 134 g/mol. The summed E-state index contributed by atoms with van der Waals surface area (Å²) in [6.07, 6.45) is 0.122. The number of hydrogen-bond donors (Lipinski definition) is 2. The molecule has 10 heavy (non-hydrogen) atoms. The minimum atomic E-state index is -0.897. The molecule has 1 aliphatic rings. The van der Waals surface area contributed by atoms with E-state index in [1.807, 2.05) is 0 Å². The summed E-state index contributed by atoms with van der Waals surface area (Å²) in [5, 5.41) is 11.0. The van der Waals surface area contributed by atoms with Gasteiger partial charge in [0, 0.05) is 12.5 Å². The van der Waals surface area contributed by atoms with E-state index in [0.29, 0.717) is 0 Å². The molecule has 2 atom stereocenters. The lowest BCUT2D eigenvalue weighted by Gasteiger charge is -2.06. The maximum absolute atomic E-state index is 10.6. The summed E-state index contributed by atoms with van der Waals surface area (Å²) in [6.45, 7) is 1.70. The van der Waals surface area contributed by atoms with Crippen molar-refractivity contribution in [2.75, 3.05) is 0 Å². The van der Waals surface area contributed by atoms with E-state index in [2.05, 4.69) is 5.32 Å². The minimum Gasteiger partial charge on any atom is -0.481 e. The van der Waals surface area contributed by atoms with Crippen LogP contribution in [0.15, 0.2) is 0 Å². The average molecular weight is 143 g/mol. The zero-order chi connectivity index (χ0) is 7.72. The Kier molecular flexibility index (Phi) is 1.61. The van der Waals surface area contributed by atoms with Crippen molar-refractivity contribution < 1.29 is 14.7 Å². The van der Waals surface area contributed by atoms with E-state index in [1.165, 1.54) is 0 Å². The molecule has 1 heterocycles. The first-order valence-corrected chi connectivity index (χ1v) is 3.13. The number of amides is 1. The summed E-state index contributed by atoms with van der Waals surface area (Å²) in [7, 11) is 0. The standard InChI is InChI=1S/C6H9NO3/c1-3-4(6(9)10)2-5(8)7-3/h3-4H,2H2,1H3,(H,7,8)(H,9,10)/t3-,4?/m1/s1. The van der Waals surface area contributed by atoms with E-state index in [0.717, 1.165) is 0 Å². The Morgan fingerprint density at radius 2 is 2.40 bits per heavy atom. The van der Waals surface area contributed by atoms with E-state index in [1.54, 1.807) is 6.92 Å². The summed E-state index contributed by atoms with van der Waals surface area (Å²) in [4.78, 5) is 21.0. The predicted molar refractivity (Wildman–Crippen MR) is 33.3 cm³/mol. The van der Waals surface area contributed by atoms with Crippen LogP contribution in [0.25, 0.3) is 0 Å². The van der Waals surface area contributed by atoms with Gasteiger partial charge in [-0.25, -0.2) is 0 Å². The second-order valence-electron chi connectivity index (χ2n) is 2.51. The summed E-state index contributed by atoms with van der Waals surface area (Å²) >= 11 is 0. The van der Waals surface area contributed by atoms with Gasteiger partial charge in [-0.3, -0.25) is 9.59 Å². The van der Waals surface area contributed by atoms with Crippen LogP contribution >= 0.6 is 0 Å². The van der Waals surface area contributed by atoms with E-state index in [9.17, 15) is 9.59 Å². The van der Waals surface area contributed by atoms with Crippen molar-refractivity contribution in [1.29, 1.82) is 0 Å². The first-order chi connectivity index (χ1) is 4.61. The second-order valence-corrected chi connectivity index (χ2v) is 2.51. The number of carbonyl (C=O) groups is 2. The van der Waals surface area contributed by atoms with Crippen molar-refractivity contribution in [3.8, 4) is 0 Å². The lowest BCUT2D eigenvalue weighted by Crippen LogP contribution is -2.28. The van der Waals surface area contributed by atoms with Gasteiger partial charge >= 0.3 is 5.97 Å². The van der Waals surface area contributed by atoms with Gasteiger partial charge in [0.1, 0.15) is 0 Å². The number of hydrogen-bond acceptors (Lipinski definition) is 2. The fraction of sp³-hybridized carbons (Fsp3) is 0.667. The Morgan fingerprint density at radius 3 is 2.60 bits per heavy atom. The van der Waals surface area contributed by atoms with Crippen molar-refractivity contribution in [1.82, 2.24) is 5.32 Å². The van der Waals surface area contributed by atoms with E-state index in [-0.39, 0.29) is 18.4 Å². The third kappa shape index (κ3) is 1.10. The quantitative estimate of drug-likeness (QED) is 0.524. The maximum Gasteiger partial charge on any atom is 0.309 e. The first-order valence-electron chi connectivity index (χ1n) is 3.13. The molecule has 1 rings (SSSR count). The van der Waals surface area contributed by atoms with Gasteiger partial charge in [0.25, 0.3) is 0 Å². The molecule has 1 aliphatic heterocycles. The van der Waals surface area contributed by atoms with Crippen LogP contribution in [0.3, 0.4) is 0 Å². The molecule has 0 aromatic heterocycles. The lowest BCUT2D eigenvalue weighted by molar-refractivity contribution is -0.142. The van der Waals surface area contributed by atoms with Crippen LogP contribution in [0, 0.1) is 5.92 Å². The molecule has 0 radical (unpaired) electrons. The number of carboxylic acid groups (broad SMARTS) is 1. The number of aliphatic carboxylic acids is 1. The van der Waals surface area contributed by atoms with Gasteiger partial charge in [-0.2, -0.15) is 0 Å². The molecule has 0 aliphatic carbocycles. The lowest BCUT2D eigenvalue weighted by atomic mass is 10.0. The maximum atomic E-state index is 10.6. The van der Waals surface area contributed by atoms with E-state index < -0.39 is 11.9 Å². The van der Waals surface area contributed by atoms with Gasteiger partial charge in [-0.1, -0.05) is 0 Å². The van der Waals surface area contributed by atoms with Crippen molar-refractivity contribution in [2.24, 2.45) is 5.92 Å². The van der Waals surface area contributed by atoms with E-state index in [4.69, 9.17) is 5.11 Å². The molecule has 2 N–H and O–H groups in total. The molecule has 4 nitrogen and oxygen atoms in total. The molecular formula is C6H9NO3. The third-order valence-electron chi connectivity index (χ3n) is 1.71. The zero-order valence-corrected chi connectivity index (χ0v) is 5.63. The smallest absolute Gasteiger partial charge is 0.309 e. The van der Waals surface area contributed by atoms with Crippen LogP contribution in [0.5, 0.6) is 0 Å². The molecule has 1 fully saturated rings. The van der Waals surface area contributed by atoms with Crippen molar-refractivity contribution in [3.05, 3.63) is 0 Å². The molecule has 0 spiro atoms. The molecule has 4 heteroatoms. The Hall–Kier alpha value is -1.06. The van der Waals surface area contributed by atoms with E-state index >= 15 is 0 Å². The average Bonchev–Trinajstić information content (AvgIpc) is 2.10. The highest BCUT2D eigenvalue weighted by Gasteiger charge is 2.34. The van der Waals surface area contributed by atoms with Crippen molar-refractivity contribution >= 4 is 11.9 Å². The topological polar surface area (TPSA) is 66.4 Å². The highest BCUT2D eigenvalue weighted by Crippen LogP contribution is 2.15. The Labute approximate surface area is 58.2 Å². The van der Waals surface area contributed by atoms with Crippen LogP contribution in [0.2, 0.25) is 0 Å². The normalized spacial score (nSPS) is 31.9. The third-order valence-corrected chi connectivity index (χ3v) is 1.71. The summed E-state index contributed by atoms with van der Waals surface area (Å²) in [6, 6.07) is -0.218. The van der Waals surface area contributed by atoms with Crippen LogP contribution < -0.4 is 5.32 Å². The zero-order valence-electron chi connectivity index (χ0n) is 5.63. The van der Waals surface area contributed by atoms with Crippen molar-refractivity contribution in [2.45, 2.75) is 19.4 Å². The van der Waals surface area contributed by atoms with Crippen LogP contribution in [0.1, 0.15) is 13.3 Å². The Balaban J connectivity index is 2.63. The SMILES string of the molecule is C[C@H]1NC(=O)CC1C(=O)O. The van der Waals surface area contributed by atoms with Gasteiger partial charge in [-0.15, -0.1) is 0 Å². The monoisotopic (exact) mass is 143 g/mol. The first kappa shape index (κ1) is 7.05. The van der Waals surface area contributed by atoms with Crippen molar-refractivity contribution in [3.63, 3.8) is 0 Å². The molecule has 1 amide bonds. The van der Waals surface area contributed by atoms with Gasteiger partial charge < -0.3 is 10.4 Å². The molecule has 1 unspecified atom stereocenters. The summed E-state index contributed by atoms with van der Waals surface area (Å²) in [5.74, 6) is -1.60. The Bertz CT molecular complexity index is 178. The molecule has 56 valence electrons. The number of carbonyl (C=O) groups excluding carboxylic acids is 1. The number of rotatable bonds is 1. The predicted octanol–water partition coefficient (Wildman–Crippen LogP) is -0.404. The molecule has 1 saturated heterocycles. The highest BCUT2D eigenvalue weighted by atomic mass is 16.4. The number of nitrogens with one attached hydrogen (secondary N) is 1. The number of carboxylic acids is 1. The van der Waals surface area contributed by atoms with Gasteiger partial charge in [0.15, 0.2) is 0 Å². The fourth-order valence-corrected chi connectivity index (χ4v) is 1.09. The summed E-state index contributed by atoms with van der Waals surface area (Å²) < 4.78 is 0. The second kappa shape index (κ2) is 2.28. The molecule has 0 aromatic rings. The van der Waals surface area contributed by atoms with Crippen LogP contribution in [0.4, 0.5) is 0 Å². The molecule has 0 bridgehead atoms. The van der Waals surface area contributed by atoms with Gasteiger partial charge in [-0.05, 0) is 6.92 Å². The van der Waals surface area contributed by atoms with Crippen LogP contribution in [-0.2, 0) is 9.59 Å². The highest BCUT2D eigenvalue weighted by molar-refractivity contribution is 5.86. The largest absolute Gasteiger partial charge is 0.481 e. The van der Waals surface area contributed by atoms with Gasteiger partial charge in [0.2, 0.25) is 5.91 Å². The minimum absolute atomic E-state index is 0.122. The van der Waals surface area contributed by atoms with Crippen LogP contribution in [-0.4, -0.2) is 23.0 Å². The molecule has 0 aromatic carbocycles.